The number of rotatable bonds is 12. The van der Waals surface area contributed by atoms with Crippen LogP contribution in [-0.4, -0.2) is 56.7 Å². The van der Waals surface area contributed by atoms with Crippen molar-refractivity contribution in [3.63, 3.8) is 0 Å². The third-order valence-electron chi connectivity index (χ3n) is 6.94. The lowest BCUT2D eigenvalue weighted by Gasteiger charge is -2.20. The van der Waals surface area contributed by atoms with Crippen molar-refractivity contribution in [2.45, 2.75) is 26.0 Å². The van der Waals surface area contributed by atoms with Crippen LogP contribution in [0.25, 0.3) is 22.0 Å². The van der Waals surface area contributed by atoms with Crippen molar-refractivity contribution in [3.8, 4) is 22.6 Å². The highest BCUT2D eigenvalue weighted by Gasteiger charge is 2.28. The molecule has 0 aliphatic carbocycles. The summed E-state index contributed by atoms with van der Waals surface area (Å²) in [5, 5.41) is 2.99. The predicted molar refractivity (Wildman–Crippen MR) is 157 cm³/mol. The molecular weight excluding hydrogens is 576 g/mol. The Hall–Kier alpha value is -5.10. The van der Waals surface area contributed by atoms with Crippen molar-refractivity contribution < 1.29 is 42.1 Å². The Morgan fingerprint density at radius 2 is 1.64 bits per heavy atom. The summed E-state index contributed by atoms with van der Waals surface area (Å²) in [6.07, 6.45) is 1.50. The Bertz CT molecular complexity index is 1680. The first kappa shape index (κ1) is 31.8. The number of hydrogen-bond acceptors (Lipinski definition) is 8. The quantitative estimate of drug-likeness (QED) is 0.227. The van der Waals surface area contributed by atoms with Crippen LogP contribution in [0.3, 0.4) is 0 Å². The summed E-state index contributed by atoms with van der Waals surface area (Å²) in [6.45, 7) is 2.81. The van der Waals surface area contributed by atoms with Gasteiger partial charge in [0, 0.05) is 35.7 Å². The van der Waals surface area contributed by atoms with Crippen molar-refractivity contribution in [1.82, 2.24) is 10.3 Å². The highest BCUT2D eigenvalue weighted by Crippen LogP contribution is 2.43. The maximum absolute atomic E-state index is 14.6. The fourth-order valence-electron chi connectivity index (χ4n) is 4.86. The molecule has 230 valence electrons. The monoisotopic (exact) mass is 607 g/mol. The number of ether oxygens (including phenoxy) is 4. The van der Waals surface area contributed by atoms with Crippen LogP contribution in [0.1, 0.15) is 38.8 Å². The lowest BCUT2D eigenvalue weighted by molar-refractivity contribution is -0.142. The number of nitrogens with one attached hydrogen (secondary N) is 1. The van der Waals surface area contributed by atoms with Crippen LogP contribution >= 0.6 is 0 Å². The van der Waals surface area contributed by atoms with Crippen molar-refractivity contribution in [1.29, 1.82) is 0 Å². The largest absolute Gasteiger partial charge is 0.496 e. The molecule has 0 aliphatic heterocycles. The average Bonchev–Trinajstić information content (AvgIpc) is 3.02. The fraction of sp³-hybridized carbons (Fsp3) is 0.250. The molecule has 4 aromatic rings. The molecule has 0 bridgehead atoms. The Labute approximate surface area is 252 Å². The summed E-state index contributed by atoms with van der Waals surface area (Å²) in [5.41, 5.74) is 6.99. The first-order chi connectivity index (χ1) is 21.1. The molecule has 0 radical (unpaired) electrons. The van der Waals surface area contributed by atoms with E-state index in [1.807, 2.05) is 19.1 Å². The molecule has 0 spiro atoms. The number of carbonyl (C=O) groups is 3. The van der Waals surface area contributed by atoms with Crippen molar-refractivity contribution in [2.24, 2.45) is 5.73 Å². The number of aromatic nitrogens is 1. The molecule has 1 atom stereocenters. The molecule has 0 aliphatic rings. The van der Waals surface area contributed by atoms with E-state index in [0.29, 0.717) is 64.4 Å². The first-order valence-corrected chi connectivity index (χ1v) is 13.5. The van der Waals surface area contributed by atoms with Gasteiger partial charge in [0.25, 0.3) is 5.91 Å². The van der Waals surface area contributed by atoms with E-state index in [0.717, 1.165) is 12.7 Å². The molecule has 0 saturated carbocycles. The number of methoxy groups -OCH3 is 3. The third kappa shape index (κ3) is 6.60. The molecular formula is C32H31F2N3O7. The molecule has 0 saturated heterocycles. The number of hydrogen-bond donors (Lipinski definition) is 2. The molecule has 1 heterocycles. The lowest BCUT2D eigenvalue weighted by Crippen LogP contribution is -2.43. The Balaban J connectivity index is 1.75. The first-order valence-electron chi connectivity index (χ1n) is 13.5. The highest BCUT2D eigenvalue weighted by atomic mass is 19.1. The fourth-order valence-corrected chi connectivity index (χ4v) is 4.86. The van der Waals surface area contributed by atoms with Crippen LogP contribution in [0, 0.1) is 11.6 Å². The SMILES string of the molecule is CCOCc1cc(OC)c(-c2ccc(C[C@H](NC(=O)c3c(F)cc(C(N)=O)cc3F)C(=O)OC)c3cccnc23)c(OC)c1. The van der Waals surface area contributed by atoms with Crippen LogP contribution in [0.5, 0.6) is 11.5 Å². The summed E-state index contributed by atoms with van der Waals surface area (Å²) in [7, 11) is 4.22. The van der Waals surface area contributed by atoms with E-state index < -0.39 is 46.6 Å². The number of amides is 2. The summed E-state index contributed by atoms with van der Waals surface area (Å²) < 4.78 is 51.2. The molecule has 0 fully saturated rings. The summed E-state index contributed by atoms with van der Waals surface area (Å²) in [6, 6.07) is 10.7. The molecule has 3 N–H and O–H groups in total. The maximum atomic E-state index is 14.6. The topological polar surface area (TPSA) is 139 Å². The summed E-state index contributed by atoms with van der Waals surface area (Å²) in [5.74, 6) is -4.69. The number of nitrogens with zero attached hydrogens (tertiary/aromatic N) is 1. The zero-order valence-corrected chi connectivity index (χ0v) is 24.5. The maximum Gasteiger partial charge on any atom is 0.328 e. The number of fused-ring (bicyclic) bond motifs is 1. The van der Waals surface area contributed by atoms with E-state index in [4.69, 9.17) is 24.7 Å². The minimum absolute atomic E-state index is 0.106. The number of benzene rings is 3. The second-order valence-corrected chi connectivity index (χ2v) is 9.62. The highest BCUT2D eigenvalue weighted by molar-refractivity contribution is 6.01. The van der Waals surface area contributed by atoms with Gasteiger partial charge >= 0.3 is 5.97 Å². The van der Waals surface area contributed by atoms with E-state index in [1.54, 1.807) is 44.7 Å². The minimum atomic E-state index is -1.33. The van der Waals surface area contributed by atoms with E-state index in [-0.39, 0.29) is 6.42 Å². The number of carbonyl (C=O) groups excluding carboxylic acids is 3. The standard InChI is InChI=1S/C32H31F2N3O7/c1-5-44-16-17-11-25(41-2)27(26(12-17)42-3)21-9-8-18(20-7-6-10-36-29(20)21)15-24(32(40)43-4)37-31(39)28-22(33)13-19(30(35)38)14-23(28)34/h6-14,24H,5,15-16H2,1-4H3,(H2,35,38)(H,37,39)/t24-/m0/s1. The van der Waals surface area contributed by atoms with Crippen molar-refractivity contribution in [3.05, 3.63) is 88.6 Å². The molecule has 4 rings (SSSR count). The van der Waals surface area contributed by atoms with Gasteiger partial charge in [0.2, 0.25) is 5.91 Å². The molecule has 10 nitrogen and oxygen atoms in total. The van der Waals surface area contributed by atoms with Crippen LogP contribution in [0.2, 0.25) is 0 Å². The second kappa shape index (κ2) is 13.9. The number of pyridine rings is 1. The minimum Gasteiger partial charge on any atom is -0.496 e. The Morgan fingerprint density at radius 1 is 0.977 bits per heavy atom. The van der Waals surface area contributed by atoms with Crippen molar-refractivity contribution >= 4 is 28.7 Å². The van der Waals surface area contributed by atoms with Crippen LogP contribution in [-0.2, 0) is 27.3 Å². The van der Waals surface area contributed by atoms with E-state index in [1.165, 1.54) is 0 Å². The summed E-state index contributed by atoms with van der Waals surface area (Å²) >= 11 is 0. The average molecular weight is 608 g/mol. The van der Waals surface area contributed by atoms with Crippen molar-refractivity contribution in [2.75, 3.05) is 27.9 Å². The van der Waals surface area contributed by atoms with Gasteiger partial charge in [-0.05, 0) is 48.4 Å². The molecule has 3 aromatic carbocycles. The molecule has 1 aromatic heterocycles. The van der Waals surface area contributed by atoms with E-state index >= 15 is 0 Å². The number of esters is 1. The van der Waals surface area contributed by atoms with Gasteiger partial charge in [-0.3, -0.25) is 14.6 Å². The van der Waals surface area contributed by atoms with Gasteiger partial charge in [0.05, 0.1) is 39.0 Å². The van der Waals surface area contributed by atoms with Gasteiger partial charge < -0.3 is 30.0 Å². The molecule has 0 unspecified atom stereocenters. The smallest absolute Gasteiger partial charge is 0.328 e. The normalized spacial score (nSPS) is 11.6. The van der Waals surface area contributed by atoms with E-state index in [2.05, 4.69) is 10.3 Å². The zero-order chi connectivity index (χ0) is 32.0. The number of primary amides is 1. The number of nitrogens with two attached hydrogens (primary N) is 1. The van der Waals surface area contributed by atoms with Gasteiger partial charge in [0.15, 0.2) is 0 Å². The lowest BCUT2D eigenvalue weighted by atomic mass is 9.93. The number of halogens is 2. The third-order valence-corrected chi connectivity index (χ3v) is 6.94. The molecule has 2 amide bonds. The molecule has 44 heavy (non-hydrogen) atoms. The van der Waals surface area contributed by atoms with Gasteiger partial charge in [-0.2, -0.15) is 0 Å². The van der Waals surface area contributed by atoms with Crippen LogP contribution in [0.15, 0.2) is 54.7 Å². The summed E-state index contributed by atoms with van der Waals surface area (Å²) in [4.78, 5) is 41.6. The predicted octanol–water partition coefficient (Wildman–Crippen LogP) is 4.35. The van der Waals surface area contributed by atoms with Crippen LogP contribution < -0.4 is 20.5 Å². The second-order valence-electron chi connectivity index (χ2n) is 9.62. The Kier molecular flexibility index (Phi) is 10.1. The molecule has 12 heteroatoms. The van der Waals surface area contributed by atoms with Gasteiger partial charge in [-0.15, -0.1) is 0 Å². The Morgan fingerprint density at radius 3 is 2.20 bits per heavy atom. The van der Waals surface area contributed by atoms with E-state index in [9.17, 15) is 23.2 Å². The van der Waals surface area contributed by atoms with Gasteiger partial charge in [-0.25, -0.2) is 13.6 Å². The van der Waals surface area contributed by atoms with Gasteiger partial charge in [-0.1, -0.05) is 18.2 Å². The van der Waals surface area contributed by atoms with Gasteiger partial charge in [0.1, 0.15) is 34.7 Å². The van der Waals surface area contributed by atoms with Crippen LogP contribution in [0.4, 0.5) is 8.78 Å². The zero-order valence-electron chi connectivity index (χ0n) is 24.5.